The van der Waals surface area contributed by atoms with E-state index < -0.39 is 11.7 Å². The zero-order valence-electron chi connectivity index (χ0n) is 7.21. The zero-order valence-corrected chi connectivity index (χ0v) is 7.21. The fourth-order valence-electron chi connectivity index (χ4n) is 1.57. The molecule has 0 bridgehead atoms. The lowest BCUT2D eigenvalue weighted by Gasteiger charge is -2.25. The lowest BCUT2D eigenvalue weighted by Crippen LogP contribution is -2.51. The van der Waals surface area contributed by atoms with Crippen molar-refractivity contribution in [1.29, 1.82) is 0 Å². The normalized spacial score (nSPS) is 24.9. The second-order valence-electron chi connectivity index (χ2n) is 3.24. The van der Waals surface area contributed by atoms with E-state index in [4.69, 9.17) is 5.11 Å². The Morgan fingerprint density at radius 1 is 1.43 bits per heavy atom. The van der Waals surface area contributed by atoms with Crippen molar-refractivity contribution in [3.8, 4) is 0 Å². The van der Waals surface area contributed by atoms with Crippen molar-refractivity contribution in [1.82, 2.24) is 0 Å². The van der Waals surface area contributed by atoms with Crippen molar-refractivity contribution in [2.45, 2.75) is 12.1 Å². The summed E-state index contributed by atoms with van der Waals surface area (Å²) >= 11 is 0. The molecule has 1 heterocycles. The van der Waals surface area contributed by atoms with Gasteiger partial charge in [-0.2, -0.15) is 0 Å². The van der Waals surface area contributed by atoms with Crippen molar-refractivity contribution < 1.29 is 20.2 Å². The summed E-state index contributed by atoms with van der Waals surface area (Å²) in [6.45, 7) is 0. The van der Waals surface area contributed by atoms with E-state index in [2.05, 4.69) is 0 Å². The molecule has 3 N–H and O–H groups in total. The minimum absolute atomic E-state index is 0.116. The van der Waals surface area contributed by atoms with E-state index in [0.29, 0.717) is 16.3 Å². The quantitative estimate of drug-likeness (QED) is 0.597. The highest BCUT2D eigenvalue weighted by Crippen LogP contribution is 2.35. The fraction of sp³-hybridized carbons (Fsp3) is 0.222. The Morgan fingerprint density at radius 3 is 2.64 bits per heavy atom. The van der Waals surface area contributed by atoms with Crippen LogP contribution in [0, 0.1) is 0 Å². The molecule has 0 fully saturated rings. The third-order valence-electron chi connectivity index (χ3n) is 2.35. The summed E-state index contributed by atoms with van der Waals surface area (Å²) in [7, 11) is 0. The number of carbonyl (C=O) groups is 1. The van der Waals surface area contributed by atoms with E-state index in [9.17, 15) is 15.1 Å². The summed E-state index contributed by atoms with van der Waals surface area (Å²) in [5, 5.41) is 28.3. The van der Waals surface area contributed by atoms with Gasteiger partial charge in [0.1, 0.15) is 0 Å². The number of carboxylic acid groups (broad SMARTS) is 1. The highest BCUT2D eigenvalue weighted by molar-refractivity contribution is 5.84. The van der Waals surface area contributed by atoms with Crippen molar-refractivity contribution >= 4 is 11.7 Å². The predicted octanol–water partition coefficient (Wildman–Crippen LogP) is 0.212. The molecule has 0 saturated heterocycles. The minimum Gasteiger partial charge on any atom is -0.478 e. The summed E-state index contributed by atoms with van der Waals surface area (Å²) in [6, 6.07) is 6.60. The number of fused-ring (bicyclic) bond motifs is 1. The van der Waals surface area contributed by atoms with Gasteiger partial charge in [-0.1, -0.05) is 18.2 Å². The van der Waals surface area contributed by atoms with Crippen LogP contribution in [0.1, 0.15) is 5.56 Å². The van der Waals surface area contributed by atoms with Crippen LogP contribution in [0.25, 0.3) is 0 Å². The van der Waals surface area contributed by atoms with E-state index in [1.54, 1.807) is 24.3 Å². The molecule has 5 nitrogen and oxygen atoms in total. The monoisotopic (exact) mass is 195 g/mol. The predicted molar refractivity (Wildman–Crippen MR) is 47.0 cm³/mol. The number of hydroxylamine groups is 1. The lowest BCUT2D eigenvalue weighted by molar-refractivity contribution is -0.163. The second kappa shape index (κ2) is 2.70. The molecule has 1 aliphatic heterocycles. The Balaban J connectivity index is 2.48. The molecule has 1 unspecified atom stereocenters. The molecular formula is C9H9NO4. The first-order valence-corrected chi connectivity index (χ1v) is 4.08. The van der Waals surface area contributed by atoms with E-state index in [1.165, 1.54) is 0 Å². The molecule has 0 radical (unpaired) electrons. The number of nitrogens with zero attached hydrogens (tertiary/aromatic N) is 1. The molecule has 1 atom stereocenters. The molecule has 74 valence electrons. The Hall–Kier alpha value is -1.59. The maximum Gasteiger partial charge on any atom is 0.359 e. The number of benzene rings is 1. The summed E-state index contributed by atoms with van der Waals surface area (Å²) in [5.74, 6) is -1.46. The maximum absolute atomic E-state index is 10.8. The topological polar surface area (TPSA) is 81.0 Å². The summed E-state index contributed by atoms with van der Waals surface area (Å²) in [5.41, 5.74) is -1.29. The smallest absolute Gasteiger partial charge is 0.359 e. The van der Waals surface area contributed by atoms with Gasteiger partial charge < -0.3 is 10.2 Å². The molecule has 0 saturated carbocycles. The average Bonchev–Trinajstić information content (AvgIpc) is 2.42. The van der Waals surface area contributed by atoms with Gasteiger partial charge in [0.05, 0.1) is 5.69 Å². The first-order valence-electron chi connectivity index (χ1n) is 4.08. The van der Waals surface area contributed by atoms with Crippen LogP contribution in [0.15, 0.2) is 24.3 Å². The van der Waals surface area contributed by atoms with Gasteiger partial charge in [0, 0.05) is 6.42 Å². The minimum atomic E-state index is -2.23. The standard InChI is InChI=1S/C9H9NO4/c11-8(12)9(13)5-6-3-1-2-4-7(6)10(9)14/h1-4,13-14H,5H2,(H,11,12). The number of hydrogen-bond acceptors (Lipinski definition) is 4. The SMILES string of the molecule is O=C(O)C1(O)Cc2ccccc2N1O. The van der Waals surface area contributed by atoms with Crippen LogP contribution >= 0.6 is 0 Å². The summed E-state index contributed by atoms with van der Waals surface area (Å²) < 4.78 is 0. The fourth-order valence-corrected chi connectivity index (χ4v) is 1.57. The maximum atomic E-state index is 10.8. The molecule has 1 aromatic rings. The number of rotatable bonds is 1. The Bertz CT molecular complexity index is 392. The van der Waals surface area contributed by atoms with Gasteiger partial charge in [-0.05, 0) is 11.6 Å². The van der Waals surface area contributed by atoms with Gasteiger partial charge in [0.2, 0.25) is 0 Å². The van der Waals surface area contributed by atoms with Gasteiger partial charge in [-0.15, -0.1) is 0 Å². The first kappa shape index (κ1) is 8.98. The largest absolute Gasteiger partial charge is 0.478 e. The molecule has 1 aromatic carbocycles. The number of aliphatic carboxylic acids is 1. The molecule has 1 aliphatic rings. The van der Waals surface area contributed by atoms with Crippen LogP contribution in [0.4, 0.5) is 5.69 Å². The van der Waals surface area contributed by atoms with Crippen molar-refractivity contribution in [3.05, 3.63) is 29.8 Å². The van der Waals surface area contributed by atoms with Crippen LogP contribution in [0.2, 0.25) is 0 Å². The Morgan fingerprint density at radius 2 is 2.07 bits per heavy atom. The molecular weight excluding hydrogens is 186 g/mol. The van der Waals surface area contributed by atoms with Gasteiger partial charge in [-0.3, -0.25) is 5.21 Å². The van der Waals surface area contributed by atoms with Crippen LogP contribution in [0.5, 0.6) is 0 Å². The third-order valence-corrected chi connectivity index (χ3v) is 2.35. The van der Waals surface area contributed by atoms with Gasteiger partial charge >= 0.3 is 5.97 Å². The average molecular weight is 195 g/mol. The molecule has 0 amide bonds. The lowest BCUT2D eigenvalue weighted by atomic mass is 10.1. The summed E-state index contributed by atoms with van der Waals surface area (Å²) in [4.78, 5) is 10.8. The van der Waals surface area contributed by atoms with Crippen LogP contribution < -0.4 is 5.06 Å². The van der Waals surface area contributed by atoms with E-state index >= 15 is 0 Å². The highest BCUT2D eigenvalue weighted by Gasteiger charge is 2.48. The number of hydrogen-bond donors (Lipinski definition) is 3. The van der Waals surface area contributed by atoms with Gasteiger partial charge in [0.25, 0.3) is 5.72 Å². The zero-order chi connectivity index (χ0) is 10.3. The number of aliphatic hydroxyl groups is 1. The Labute approximate surface area is 79.8 Å². The van der Waals surface area contributed by atoms with E-state index in [-0.39, 0.29) is 6.42 Å². The number of carboxylic acids is 1. The van der Waals surface area contributed by atoms with Crippen LogP contribution in [-0.4, -0.2) is 27.1 Å². The highest BCUT2D eigenvalue weighted by atomic mass is 16.6. The third kappa shape index (κ3) is 0.997. The second-order valence-corrected chi connectivity index (χ2v) is 3.24. The van der Waals surface area contributed by atoms with E-state index in [1.807, 2.05) is 0 Å². The molecule has 2 rings (SSSR count). The van der Waals surface area contributed by atoms with Crippen molar-refractivity contribution in [2.24, 2.45) is 0 Å². The van der Waals surface area contributed by atoms with Gasteiger partial charge in [0.15, 0.2) is 0 Å². The Kier molecular flexibility index (Phi) is 1.73. The first-order chi connectivity index (χ1) is 6.55. The molecule has 5 heteroatoms. The molecule has 14 heavy (non-hydrogen) atoms. The molecule has 0 spiro atoms. The molecule has 0 aliphatic carbocycles. The number of anilines is 1. The van der Waals surface area contributed by atoms with E-state index in [0.717, 1.165) is 0 Å². The van der Waals surface area contributed by atoms with Crippen LogP contribution in [0.3, 0.4) is 0 Å². The summed E-state index contributed by atoms with van der Waals surface area (Å²) in [6.07, 6.45) is -0.116. The van der Waals surface area contributed by atoms with Crippen LogP contribution in [-0.2, 0) is 11.2 Å². The van der Waals surface area contributed by atoms with Gasteiger partial charge in [-0.25, -0.2) is 9.86 Å². The number of para-hydroxylation sites is 1. The molecule has 0 aromatic heterocycles. The van der Waals surface area contributed by atoms with Crippen molar-refractivity contribution in [2.75, 3.05) is 5.06 Å². The van der Waals surface area contributed by atoms with Crippen molar-refractivity contribution in [3.63, 3.8) is 0 Å².